The molecule has 0 atom stereocenters. The maximum Gasteiger partial charge on any atom is 0.322 e. The minimum Gasteiger partial charge on any atom is -0.480 e. The quantitative estimate of drug-likeness (QED) is 0.728. The Bertz CT molecular complexity index is 719. The number of nitrogens with zero attached hydrogens (tertiary/aromatic N) is 2. The molecule has 0 amide bonds. The topological polar surface area (TPSA) is 87.1 Å². The van der Waals surface area contributed by atoms with E-state index in [9.17, 15) is 9.18 Å². The van der Waals surface area contributed by atoms with Gasteiger partial charge >= 0.3 is 5.97 Å². The molecule has 1 fully saturated rings. The van der Waals surface area contributed by atoms with Crippen LogP contribution in [-0.2, 0) is 11.3 Å². The number of rotatable bonds is 7. The number of hydrogen-bond acceptors (Lipinski definition) is 5. The highest BCUT2D eigenvalue weighted by Gasteiger charge is 2.26. The van der Waals surface area contributed by atoms with E-state index in [0.717, 1.165) is 24.1 Å². The Kier molecular flexibility index (Phi) is 4.36. The lowest BCUT2D eigenvalue weighted by Crippen LogP contribution is -2.15. The van der Waals surface area contributed by atoms with Crippen LogP contribution in [0.25, 0.3) is 0 Å². The van der Waals surface area contributed by atoms with Gasteiger partial charge in [-0.05, 0) is 30.5 Å². The molecule has 1 heterocycles. The number of benzene rings is 1. The normalized spacial score (nSPS) is 13.6. The average molecular weight is 316 g/mol. The van der Waals surface area contributed by atoms with Crippen LogP contribution in [0.15, 0.2) is 30.3 Å². The van der Waals surface area contributed by atoms with Crippen molar-refractivity contribution in [2.24, 2.45) is 0 Å². The van der Waals surface area contributed by atoms with E-state index >= 15 is 0 Å². The number of anilines is 2. The van der Waals surface area contributed by atoms with Gasteiger partial charge in [0.1, 0.15) is 18.2 Å². The zero-order valence-electron chi connectivity index (χ0n) is 12.4. The van der Waals surface area contributed by atoms with Gasteiger partial charge in [0.05, 0.1) is 5.69 Å². The summed E-state index contributed by atoms with van der Waals surface area (Å²) in [6, 6.07) is 8.19. The van der Waals surface area contributed by atoms with Crippen molar-refractivity contribution >= 4 is 17.7 Å². The van der Waals surface area contributed by atoms with E-state index < -0.39 is 5.97 Å². The predicted molar refractivity (Wildman–Crippen MR) is 83.9 cm³/mol. The Morgan fingerprint density at radius 1 is 1.26 bits per heavy atom. The van der Waals surface area contributed by atoms with Crippen LogP contribution >= 0.6 is 0 Å². The first-order valence-corrected chi connectivity index (χ1v) is 7.43. The number of carbonyl (C=O) groups is 1. The van der Waals surface area contributed by atoms with E-state index in [2.05, 4.69) is 20.6 Å². The second-order valence-corrected chi connectivity index (χ2v) is 5.51. The Hall–Kier alpha value is -2.70. The number of carboxylic acids is 1. The predicted octanol–water partition coefficient (Wildman–Crippen LogP) is 2.60. The summed E-state index contributed by atoms with van der Waals surface area (Å²) < 4.78 is 13.2. The van der Waals surface area contributed by atoms with Crippen molar-refractivity contribution in [2.75, 3.05) is 17.2 Å². The number of aliphatic carboxylic acids is 1. The van der Waals surface area contributed by atoms with Gasteiger partial charge in [-0.1, -0.05) is 12.1 Å². The van der Waals surface area contributed by atoms with Gasteiger partial charge in [-0.3, -0.25) is 4.79 Å². The van der Waals surface area contributed by atoms with Crippen molar-refractivity contribution in [1.29, 1.82) is 0 Å². The molecule has 120 valence electrons. The summed E-state index contributed by atoms with van der Waals surface area (Å²) in [7, 11) is 0. The monoisotopic (exact) mass is 316 g/mol. The molecule has 1 aliphatic carbocycles. The van der Waals surface area contributed by atoms with Crippen LogP contribution in [0.5, 0.6) is 0 Å². The molecule has 1 aliphatic rings. The number of halogens is 1. The minimum absolute atomic E-state index is 0.239. The van der Waals surface area contributed by atoms with Gasteiger partial charge in [-0.25, -0.2) is 9.37 Å². The zero-order chi connectivity index (χ0) is 16.2. The van der Waals surface area contributed by atoms with Crippen LogP contribution in [0, 0.1) is 5.82 Å². The Balaban J connectivity index is 1.73. The van der Waals surface area contributed by atoms with E-state index in [1.807, 2.05) is 12.1 Å². The summed E-state index contributed by atoms with van der Waals surface area (Å²) >= 11 is 0. The van der Waals surface area contributed by atoms with Gasteiger partial charge in [-0.15, -0.1) is 0 Å². The smallest absolute Gasteiger partial charge is 0.322 e. The number of hydrogen-bond donors (Lipinski definition) is 3. The van der Waals surface area contributed by atoms with Gasteiger partial charge in [0, 0.05) is 18.5 Å². The minimum atomic E-state index is -0.973. The van der Waals surface area contributed by atoms with Crippen molar-refractivity contribution in [3.05, 3.63) is 47.4 Å². The molecule has 1 saturated carbocycles. The van der Waals surface area contributed by atoms with Crippen molar-refractivity contribution < 1.29 is 14.3 Å². The maximum atomic E-state index is 13.2. The third-order valence-corrected chi connectivity index (χ3v) is 3.50. The van der Waals surface area contributed by atoms with Gasteiger partial charge in [0.2, 0.25) is 5.95 Å². The largest absolute Gasteiger partial charge is 0.480 e. The zero-order valence-corrected chi connectivity index (χ0v) is 12.4. The van der Waals surface area contributed by atoms with Crippen molar-refractivity contribution in [3.8, 4) is 0 Å². The molecule has 23 heavy (non-hydrogen) atoms. The standard InChI is InChI=1S/C16H17FN4O2/c17-12-3-1-2-10(6-12)8-18-14-7-13(11-4-5-11)20-16(21-14)19-9-15(22)23/h1-3,6-7,11H,4-5,8-9H2,(H,22,23)(H2,18,19,20,21). The molecule has 7 heteroatoms. The van der Waals surface area contributed by atoms with Crippen LogP contribution in [0.2, 0.25) is 0 Å². The summed E-state index contributed by atoms with van der Waals surface area (Å²) in [4.78, 5) is 19.3. The van der Waals surface area contributed by atoms with Crippen molar-refractivity contribution in [2.45, 2.75) is 25.3 Å². The molecule has 0 saturated heterocycles. The molecule has 2 aromatic rings. The second-order valence-electron chi connectivity index (χ2n) is 5.51. The first-order valence-electron chi connectivity index (χ1n) is 7.43. The van der Waals surface area contributed by atoms with E-state index in [1.165, 1.54) is 12.1 Å². The molecule has 1 aromatic heterocycles. The lowest BCUT2D eigenvalue weighted by molar-refractivity contribution is -0.134. The number of aromatic nitrogens is 2. The van der Waals surface area contributed by atoms with Crippen LogP contribution in [0.1, 0.15) is 30.0 Å². The maximum absolute atomic E-state index is 13.2. The third kappa shape index (κ3) is 4.38. The second kappa shape index (κ2) is 6.60. The Morgan fingerprint density at radius 2 is 2.09 bits per heavy atom. The van der Waals surface area contributed by atoms with Crippen LogP contribution in [0.4, 0.5) is 16.2 Å². The Morgan fingerprint density at radius 3 is 2.78 bits per heavy atom. The summed E-state index contributed by atoms with van der Waals surface area (Å²) in [6.07, 6.45) is 2.16. The fourth-order valence-corrected chi connectivity index (χ4v) is 2.22. The number of carboxylic acid groups (broad SMARTS) is 1. The summed E-state index contributed by atoms with van der Waals surface area (Å²) in [5, 5.41) is 14.6. The van der Waals surface area contributed by atoms with Gasteiger partial charge < -0.3 is 15.7 Å². The molecule has 3 rings (SSSR count). The van der Waals surface area contributed by atoms with Crippen molar-refractivity contribution in [3.63, 3.8) is 0 Å². The highest BCUT2D eigenvalue weighted by molar-refractivity contribution is 5.72. The first-order chi connectivity index (χ1) is 11.1. The van der Waals surface area contributed by atoms with E-state index in [4.69, 9.17) is 5.11 Å². The molecule has 1 aromatic carbocycles. The van der Waals surface area contributed by atoms with E-state index in [-0.39, 0.29) is 12.4 Å². The lowest BCUT2D eigenvalue weighted by Gasteiger charge is -2.10. The molecule has 0 aliphatic heterocycles. The molecular weight excluding hydrogens is 299 g/mol. The van der Waals surface area contributed by atoms with Crippen molar-refractivity contribution in [1.82, 2.24) is 9.97 Å². The van der Waals surface area contributed by atoms with E-state index in [1.54, 1.807) is 6.07 Å². The molecule has 0 radical (unpaired) electrons. The van der Waals surface area contributed by atoms with Crippen LogP contribution in [0.3, 0.4) is 0 Å². The Labute approximate surface area is 132 Å². The van der Waals surface area contributed by atoms with E-state index in [0.29, 0.717) is 24.2 Å². The first kappa shape index (κ1) is 15.2. The van der Waals surface area contributed by atoms with Gasteiger partial charge in [0.15, 0.2) is 0 Å². The highest BCUT2D eigenvalue weighted by atomic mass is 19.1. The summed E-state index contributed by atoms with van der Waals surface area (Å²) in [5.74, 6) is 0.0462. The third-order valence-electron chi connectivity index (χ3n) is 3.50. The fourth-order valence-electron chi connectivity index (χ4n) is 2.22. The molecule has 3 N–H and O–H groups in total. The molecule has 0 unspecified atom stereocenters. The van der Waals surface area contributed by atoms with Crippen LogP contribution < -0.4 is 10.6 Å². The highest BCUT2D eigenvalue weighted by Crippen LogP contribution is 2.39. The van der Waals surface area contributed by atoms with Gasteiger partial charge in [-0.2, -0.15) is 4.98 Å². The fraction of sp³-hybridized carbons (Fsp3) is 0.312. The lowest BCUT2D eigenvalue weighted by atomic mass is 10.2. The molecule has 0 spiro atoms. The summed E-state index contributed by atoms with van der Waals surface area (Å²) in [6.45, 7) is 0.189. The average Bonchev–Trinajstić information content (AvgIpc) is 3.36. The summed E-state index contributed by atoms with van der Waals surface area (Å²) in [5.41, 5.74) is 1.70. The molecular formula is C16H17FN4O2. The van der Waals surface area contributed by atoms with Crippen LogP contribution in [-0.4, -0.2) is 27.6 Å². The molecule has 6 nitrogen and oxygen atoms in total. The van der Waals surface area contributed by atoms with Gasteiger partial charge in [0.25, 0.3) is 0 Å². The number of nitrogens with one attached hydrogen (secondary N) is 2. The SMILES string of the molecule is O=C(O)CNc1nc(NCc2cccc(F)c2)cc(C2CC2)n1. The molecule has 0 bridgehead atoms.